The Morgan fingerprint density at radius 1 is 1.47 bits per heavy atom. The molecule has 1 saturated heterocycles. The minimum Gasteiger partial charge on any atom is -0.389 e. The lowest BCUT2D eigenvalue weighted by atomic mass is 9.70. The lowest BCUT2D eigenvalue weighted by Gasteiger charge is -2.46. The highest BCUT2D eigenvalue weighted by atomic mass is 16.3. The first kappa shape index (κ1) is 13.1. The number of rotatable bonds is 1. The molecular formula is C16H24N2O. The molecule has 0 radical (unpaired) electrons. The molecule has 0 bridgehead atoms. The maximum atomic E-state index is 11.2. The molecule has 0 spiro atoms. The molecule has 3 heteroatoms. The Balaban J connectivity index is 1.90. The second kappa shape index (κ2) is 4.88. The first-order chi connectivity index (χ1) is 9.10. The van der Waals surface area contributed by atoms with E-state index in [0.717, 1.165) is 37.9 Å². The lowest BCUT2D eigenvalue weighted by Crippen LogP contribution is -2.51. The monoisotopic (exact) mass is 260 g/mol. The zero-order valence-electron chi connectivity index (χ0n) is 12.0. The minimum absolute atomic E-state index is 0.230. The molecule has 104 valence electrons. The van der Waals surface area contributed by atoms with Gasteiger partial charge in [-0.2, -0.15) is 0 Å². The number of piperidine rings is 1. The number of hydrogen-bond acceptors (Lipinski definition) is 3. The van der Waals surface area contributed by atoms with Gasteiger partial charge in [0.25, 0.3) is 0 Å². The van der Waals surface area contributed by atoms with Crippen LogP contribution in [0.2, 0.25) is 0 Å². The fourth-order valence-corrected chi connectivity index (χ4v) is 3.81. The smallest absolute Gasteiger partial charge is 0.0758 e. The second-order valence-corrected chi connectivity index (χ2v) is 6.38. The van der Waals surface area contributed by atoms with Gasteiger partial charge in [0.05, 0.1) is 5.60 Å². The average Bonchev–Trinajstić information content (AvgIpc) is 2.43. The average molecular weight is 260 g/mol. The van der Waals surface area contributed by atoms with Crippen molar-refractivity contribution in [3.8, 4) is 0 Å². The number of fused-ring (bicyclic) bond motifs is 1. The van der Waals surface area contributed by atoms with Gasteiger partial charge in [-0.1, -0.05) is 6.07 Å². The van der Waals surface area contributed by atoms with Gasteiger partial charge in [0.15, 0.2) is 0 Å². The maximum absolute atomic E-state index is 11.2. The number of pyridine rings is 1. The summed E-state index contributed by atoms with van der Waals surface area (Å²) in [4.78, 5) is 6.94. The largest absolute Gasteiger partial charge is 0.389 e. The second-order valence-electron chi connectivity index (χ2n) is 6.38. The zero-order valence-corrected chi connectivity index (χ0v) is 12.0. The maximum Gasteiger partial charge on any atom is 0.0758 e. The third kappa shape index (κ3) is 2.30. The van der Waals surface area contributed by atoms with E-state index in [0.29, 0.717) is 6.04 Å². The van der Waals surface area contributed by atoms with Crippen LogP contribution in [-0.2, 0) is 6.42 Å². The number of aliphatic hydroxyl groups is 1. The number of hydrogen-bond donors (Lipinski definition) is 1. The third-order valence-corrected chi connectivity index (χ3v) is 5.14. The Hall–Kier alpha value is -0.930. The SMILES string of the molecule is CC1CC(O)(C2CCCc3cccnc32)CCN1C. The molecule has 3 unspecified atom stereocenters. The molecule has 1 aliphatic carbocycles. The molecule has 1 N–H and O–H groups in total. The van der Waals surface area contributed by atoms with Crippen LogP contribution in [0.5, 0.6) is 0 Å². The molecule has 0 saturated carbocycles. The molecule has 3 rings (SSSR count). The van der Waals surface area contributed by atoms with Crippen molar-refractivity contribution in [3.05, 3.63) is 29.6 Å². The third-order valence-electron chi connectivity index (χ3n) is 5.14. The van der Waals surface area contributed by atoms with Gasteiger partial charge >= 0.3 is 0 Å². The summed E-state index contributed by atoms with van der Waals surface area (Å²) in [5.41, 5.74) is 1.95. The molecule has 3 nitrogen and oxygen atoms in total. The number of aryl methyl sites for hydroxylation is 1. The van der Waals surface area contributed by atoms with Crippen LogP contribution in [0.3, 0.4) is 0 Å². The van der Waals surface area contributed by atoms with Gasteiger partial charge in [-0.05, 0) is 57.7 Å². The summed E-state index contributed by atoms with van der Waals surface area (Å²) in [6, 6.07) is 4.64. The van der Waals surface area contributed by atoms with Gasteiger partial charge in [0.2, 0.25) is 0 Å². The fourth-order valence-electron chi connectivity index (χ4n) is 3.81. The van der Waals surface area contributed by atoms with Crippen LogP contribution in [0, 0.1) is 0 Å². The Morgan fingerprint density at radius 2 is 2.32 bits per heavy atom. The molecule has 1 aromatic heterocycles. The lowest BCUT2D eigenvalue weighted by molar-refractivity contribution is -0.0608. The Kier molecular flexibility index (Phi) is 3.35. The van der Waals surface area contributed by atoms with Crippen LogP contribution in [0.4, 0.5) is 0 Å². The summed E-state index contributed by atoms with van der Waals surface area (Å²) in [7, 11) is 2.15. The predicted octanol–water partition coefficient (Wildman–Crippen LogP) is 2.35. The topological polar surface area (TPSA) is 36.4 Å². The number of nitrogens with zero attached hydrogens (tertiary/aromatic N) is 2. The summed E-state index contributed by atoms with van der Waals surface area (Å²) >= 11 is 0. The number of likely N-dealkylation sites (tertiary alicyclic amines) is 1. The van der Waals surface area contributed by atoms with Gasteiger partial charge in [0, 0.05) is 30.4 Å². The first-order valence-electron chi connectivity index (χ1n) is 7.46. The quantitative estimate of drug-likeness (QED) is 0.842. The molecule has 0 amide bonds. The van der Waals surface area contributed by atoms with Crippen LogP contribution in [0.15, 0.2) is 18.3 Å². The van der Waals surface area contributed by atoms with Crippen molar-refractivity contribution < 1.29 is 5.11 Å². The van der Waals surface area contributed by atoms with Crippen molar-refractivity contribution in [3.63, 3.8) is 0 Å². The van der Waals surface area contributed by atoms with Gasteiger partial charge in [-0.3, -0.25) is 4.98 Å². The van der Waals surface area contributed by atoms with Crippen molar-refractivity contribution in [2.45, 2.75) is 56.6 Å². The first-order valence-corrected chi connectivity index (χ1v) is 7.46. The highest BCUT2D eigenvalue weighted by Gasteiger charge is 2.44. The molecule has 1 aliphatic heterocycles. The van der Waals surface area contributed by atoms with E-state index in [9.17, 15) is 5.11 Å². The van der Waals surface area contributed by atoms with E-state index in [1.807, 2.05) is 12.3 Å². The molecule has 2 aliphatic rings. The van der Waals surface area contributed by atoms with Crippen molar-refractivity contribution in [2.75, 3.05) is 13.6 Å². The molecule has 2 heterocycles. The standard InChI is InChI=1S/C16H24N2O/c1-12-11-16(19,8-10-18(12)2)14-7-3-5-13-6-4-9-17-15(13)14/h4,6,9,12,14,19H,3,5,7-8,10-11H2,1-2H3. The Morgan fingerprint density at radius 3 is 3.11 bits per heavy atom. The van der Waals surface area contributed by atoms with E-state index >= 15 is 0 Å². The van der Waals surface area contributed by atoms with Crippen molar-refractivity contribution in [1.82, 2.24) is 9.88 Å². The zero-order chi connectivity index (χ0) is 13.5. The normalized spacial score (nSPS) is 35.9. The van der Waals surface area contributed by atoms with Crippen LogP contribution in [-0.4, -0.2) is 40.2 Å². The van der Waals surface area contributed by atoms with Gasteiger partial charge in [0.1, 0.15) is 0 Å². The molecule has 1 fully saturated rings. The van der Waals surface area contributed by atoms with Gasteiger partial charge < -0.3 is 10.0 Å². The summed E-state index contributed by atoms with van der Waals surface area (Å²) in [5, 5.41) is 11.2. The molecular weight excluding hydrogens is 236 g/mol. The summed E-state index contributed by atoms with van der Waals surface area (Å²) in [6.07, 6.45) is 6.98. The fraction of sp³-hybridized carbons (Fsp3) is 0.688. The van der Waals surface area contributed by atoms with E-state index in [1.54, 1.807) is 0 Å². The highest BCUT2D eigenvalue weighted by molar-refractivity contribution is 5.29. The summed E-state index contributed by atoms with van der Waals surface area (Å²) in [6.45, 7) is 3.20. The highest BCUT2D eigenvalue weighted by Crippen LogP contribution is 2.44. The van der Waals surface area contributed by atoms with Crippen molar-refractivity contribution >= 4 is 0 Å². The van der Waals surface area contributed by atoms with E-state index < -0.39 is 5.60 Å². The van der Waals surface area contributed by atoms with Crippen molar-refractivity contribution in [1.29, 1.82) is 0 Å². The minimum atomic E-state index is -0.560. The number of aromatic nitrogens is 1. The summed E-state index contributed by atoms with van der Waals surface area (Å²) in [5.74, 6) is 0.230. The molecule has 19 heavy (non-hydrogen) atoms. The summed E-state index contributed by atoms with van der Waals surface area (Å²) < 4.78 is 0. The van der Waals surface area contributed by atoms with E-state index in [2.05, 4.69) is 29.9 Å². The van der Waals surface area contributed by atoms with E-state index in [-0.39, 0.29) is 5.92 Å². The molecule has 0 aromatic carbocycles. The predicted molar refractivity (Wildman–Crippen MR) is 76.2 cm³/mol. The van der Waals surface area contributed by atoms with Gasteiger partial charge in [-0.15, -0.1) is 0 Å². The molecule has 3 atom stereocenters. The Bertz CT molecular complexity index is 462. The van der Waals surface area contributed by atoms with Crippen LogP contribution >= 0.6 is 0 Å². The van der Waals surface area contributed by atoms with E-state index in [1.165, 1.54) is 12.0 Å². The van der Waals surface area contributed by atoms with Crippen LogP contribution in [0.1, 0.15) is 49.8 Å². The van der Waals surface area contributed by atoms with Crippen molar-refractivity contribution in [2.24, 2.45) is 0 Å². The van der Waals surface area contributed by atoms with Crippen LogP contribution < -0.4 is 0 Å². The van der Waals surface area contributed by atoms with Crippen LogP contribution in [0.25, 0.3) is 0 Å². The van der Waals surface area contributed by atoms with Gasteiger partial charge in [-0.25, -0.2) is 0 Å². The molecule has 1 aromatic rings. The Labute approximate surface area is 115 Å². The van der Waals surface area contributed by atoms with E-state index in [4.69, 9.17) is 0 Å².